The number of aryl methyl sites for hydroxylation is 1. The molecular weight excluding hydrogens is 279 g/mol. The summed E-state index contributed by atoms with van der Waals surface area (Å²) in [4.78, 5) is 25.8. The van der Waals surface area contributed by atoms with E-state index in [4.69, 9.17) is 5.73 Å². The number of pyridine rings is 1. The van der Waals surface area contributed by atoms with Crippen LogP contribution in [-0.4, -0.2) is 15.8 Å². The first-order valence-corrected chi connectivity index (χ1v) is 5.86. The fourth-order valence-corrected chi connectivity index (χ4v) is 1.71. The lowest BCUT2D eigenvalue weighted by atomic mass is 10.1. The first-order valence-electron chi connectivity index (χ1n) is 5.86. The number of nitrogen functional groups attached to an aromatic ring is 1. The van der Waals surface area contributed by atoms with Crippen LogP contribution in [0.15, 0.2) is 30.5 Å². The molecule has 0 aliphatic heterocycles. The number of aromatic nitrogens is 1. The van der Waals surface area contributed by atoms with Crippen molar-refractivity contribution in [3.63, 3.8) is 0 Å². The number of amides is 1. The molecule has 0 bridgehead atoms. The van der Waals surface area contributed by atoms with Gasteiger partial charge in [-0.05, 0) is 19.1 Å². The lowest BCUT2D eigenvalue weighted by Crippen LogP contribution is -2.15. The molecule has 0 aliphatic rings. The Hall–Kier alpha value is -3.03. The average Bonchev–Trinajstić information content (AvgIpc) is 2.43. The second-order valence-corrected chi connectivity index (χ2v) is 4.30. The lowest BCUT2D eigenvalue weighted by Gasteiger charge is -2.07. The Balaban J connectivity index is 2.29. The molecule has 0 saturated carbocycles. The summed E-state index contributed by atoms with van der Waals surface area (Å²) in [5.74, 6) is -1.53. The van der Waals surface area contributed by atoms with Gasteiger partial charge in [0.15, 0.2) is 0 Å². The maximum atomic E-state index is 13.1. The Morgan fingerprint density at radius 3 is 2.81 bits per heavy atom. The quantitative estimate of drug-likeness (QED) is 0.665. The highest BCUT2D eigenvalue weighted by molar-refractivity contribution is 6.07. The minimum absolute atomic E-state index is 0.127. The third kappa shape index (κ3) is 3.11. The number of benzene rings is 1. The topological polar surface area (TPSA) is 111 Å². The molecule has 0 atom stereocenters. The van der Waals surface area contributed by atoms with Crippen LogP contribution in [0.2, 0.25) is 0 Å². The average molecular weight is 290 g/mol. The monoisotopic (exact) mass is 290 g/mol. The van der Waals surface area contributed by atoms with Crippen molar-refractivity contribution in [2.75, 3.05) is 11.1 Å². The Morgan fingerprint density at radius 1 is 1.43 bits per heavy atom. The van der Waals surface area contributed by atoms with E-state index in [1.54, 1.807) is 6.92 Å². The van der Waals surface area contributed by atoms with Gasteiger partial charge in [0, 0.05) is 17.3 Å². The number of hydrogen-bond donors (Lipinski definition) is 2. The zero-order valence-corrected chi connectivity index (χ0v) is 11.0. The minimum Gasteiger partial charge on any atom is -0.383 e. The molecule has 8 heteroatoms. The smallest absolute Gasteiger partial charge is 0.274 e. The van der Waals surface area contributed by atoms with Gasteiger partial charge in [0.1, 0.15) is 11.6 Å². The Labute approximate surface area is 118 Å². The number of carbonyl (C=O) groups is 1. The molecule has 0 fully saturated rings. The first-order chi connectivity index (χ1) is 9.88. The normalized spacial score (nSPS) is 10.2. The number of rotatable bonds is 3. The van der Waals surface area contributed by atoms with Gasteiger partial charge >= 0.3 is 0 Å². The highest BCUT2D eigenvalue weighted by atomic mass is 19.1. The molecule has 2 aromatic rings. The number of nitro groups is 1. The van der Waals surface area contributed by atoms with Gasteiger partial charge in [-0.3, -0.25) is 14.9 Å². The third-order valence-corrected chi connectivity index (χ3v) is 2.79. The van der Waals surface area contributed by atoms with E-state index >= 15 is 0 Å². The van der Waals surface area contributed by atoms with Crippen LogP contribution in [0.25, 0.3) is 0 Å². The second-order valence-electron chi connectivity index (χ2n) is 4.30. The molecule has 1 amide bonds. The number of nitrogens with two attached hydrogens (primary N) is 1. The Morgan fingerprint density at radius 2 is 2.14 bits per heavy atom. The molecule has 108 valence electrons. The molecule has 0 spiro atoms. The summed E-state index contributed by atoms with van der Waals surface area (Å²) in [5, 5.41) is 13.3. The summed E-state index contributed by atoms with van der Waals surface area (Å²) in [6.07, 6.45) is 0.892. The van der Waals surface area contributed by atoms with Crippen molar-refractivity contribution in [3.05, 3.63) is 57.5 Å². The molecule has 3 N–H and O–H groups in total. The highest BCUT2D eigenvalue weighted by Gasteiger charge is 2.15. The third-order valence-electron chi connectivity index (χ3n) is 2.79. The zero-order chi connectivity index (χ0) is 15.6. The maximum Gasteiger partial charge on any atom is 0.274 e. The highest BCUT2D eigenvalue weighted by Crippen LogP contribution is 2.23. The van der Waals surface area contributed by atoms with Gasteiger partial charge in [-0.1, -0.05) is 6.07 Å². The molecule has 21 heavy (non-hydrogen) atoms. The number of nitrogens with zero attached hydrogens (tertiary/aromatic N) is 2. The predicted octanol–water partition coefficient (Wildman–Crippen LogP) is 2.27. The molecule has 1 heterocycles. The number of anilines is 2. The van der Waals surface area contributed by atoms with Crippen molar-refractivity contribution >= 4 is 23.1 Å². The van der Waals surface area contributed by atoms with E-state index in [1.165, 1.54) is 18.2 Å². The van der Waals surface area contributed by atoms with Crippen molar-refractivity contribution in [2.24, 2.45) is 0 Å². The van der Waals surface area contributed by atoms with Crippen molar-refractivity contribution in [1.29, 1.82) is 0 Å². The van der Waals surface area contributed by atoms with Crippen LogP contribution in [0.3, 0.4) is 0 Å². The van der Waals surface area contributed by atoms with Crippen molar-refractivity contribution in [2.45, 2.75) is 6.92 Å². The first kappa shape index (κ1) is 14.4. The largest absolute Gasteiger partial charge is 0.383 e. The Bertz CT molecular complexity index is 733. The number of nitro benzene ring substituents is 1. The molecule has 1 aromatic carbocycles. The van der Waals surface area contributed by atoms with Gasteiger partial charge in [0.25, 0.3) is 11.6 Å². The van der Waals surface area contributed by atoms with E-state index in [0.29, 0.717) is 5.56 Å². The number of hydrogen-bond acceptors (Lipinski definition) is 5. The fraction of sp³-hybridized carbons (Fsp3) is 0.0769. The molecule has 0 unspecified atom stereocenters. The van der Waals surface area contributed by atoms with Gasteiger partial charge in [0.2, 0.25) is 0 Å². The molecule has 0 aliphatic carbocycles. The summed E-state index contributed by atoms with van der Waals surface area (Å²) < 4.78 is 13.1. The number of nitrogens with one attached hydrogen (secondary N) is 1. The summed E-state index contributed by atoms with van der Waals surface area (Å²) in [5.41, 5.74) is 5.90. The van der Waals surface area contributed by atoms with Crippen LogP contribution >= 0.6 is 0 Å². The van der Waals surface area contributed by atoms with Gasteiger partial charge in [0.05, 0.1) is 16.7 Å². The fourth-order valence-electron chi connectivity index (χ4n) is 1.71. The summed E-state index contributed by atoms with van der Waals surface area (Å²) >= 11 is 0. The van der Waals surface area contributed by atoms with Crippen LogP contribution in [0.5, 0.6) is 0 Å². The number of halogens is 1. The SMILES string of the molecule is Cc1ccc(NC(=O)c2cc(F)cnc2N)cc1[N+](=O)[O-]. The van der Waals surface area contributed by atoms with Crippen molar-refractivity contribution < 1.29 is 14.1 Å². The van der Waals surface area contributed by atoms with Crippen molar-refractivity contribution in [3.8, 4) is 0 Å². The standard InChI is InChI=1S/C13H11FN4O3/c1-7-2-3-9(5-11(7)18(20)21)17-13(19)10-4-8(14)6-16-12(10)15/h2-6H,1H3,(H2,15,16)(H,17,19). The van der Waals surface area contributed by atoms with Crippen LogP contribution in [0.4, 0.5) is 21.6 Å². The van der Waals surface area contributed by atoms with E-state index in [2.05, 4.69) is 10.3 Å². The number of carbonyl (C=O) groups excluding carboxylic acids is 1. The second kappa shape index (κ2) is 5.53. The van der Waals surface area contributed by atoms with E-state index in [-0.39, 0.29) is 22.8 Å². The van der Waals surface area contributed by atoms with Gasteiger partial charge < -0.3 is 11.1 Å². The van der Waals surface area contributed by atoms with Gasteiger partial charge in [-0.2, -0.15) is 0 Å². The van der Waals surface area contributed by atoms with Crippen LogP contribution in [0, 0.1) is 22.9 Å². The van der Waals surface area contributed by atoms with Crippen LogP contribution < -0.4 is 11.1 Å². The zero-order valence-electron chi connectivity index (χ0n) is 11.0. The van der Waals surface area contributed by atoms with Gasteiger partial charge in [-0.15, -0.1) is 0 Å². The predicted molar refractivity (Wildman–Crippen MR) is 74.4 cm³/mol. The van der Waals surface area contributed by atoms with Crippen molar-refractivity contribution in [1.82, 2.24) is 4.98 Å². The summed E-state index contributed by atoms with van der Waals surface area (Å²) in [6, 6.07) is 5.17. The van der Waals surface area contributed by atoms with E-state index in [1.807, 2.05) is 0 Å². The van der Waals surface area contributed by atoms with Crippen LogP contribution in [0.1, 0.15) is 15.9 Å². The van der Waals surface area contributed by atoms with E-state index in [9.17, 15) is 19.3 Å². The molecule has 0 saturated heterocycles. The lowest BCUT2D eigenvalue weighted by molar-refractivity contribution is -0.385. The molecular formula is C13H11FN4O3. The molecule has 1 aromatic heterocycles. The summed E-state index contributed by atoms with van der Waals surface area (Å²) in [6.45, 7) is 1.58. The molecule has 0 radical (unpaired) electrons. The van der Waals surface area contributed by atoms with Gasteiger partial charge in [-0.25, -0.2) is 9.37 Å². The Kier molecular flexibility index (Phi) is 3.79. The maximum absolute atomic E-state index is 13.1. The van der Waals surface area contributed by atoms with Crippen LogP contribution in [-0.2, 0) is 0 Å². The molecule has 7 nitrogen and oxygen atoms in total. The molecule has 2 rings (SSSR count). The minimum atomic E-state index is -0.704. The summed E-state index contributed by atoms with van der Waals surface area (Å²) in [7, 11) is 0. The van der Waals surface area contributed by atoms with E-state index in [0.717, 1.165) is 12.3 Å². The van der Waals surface area contributed by atoms with E-state index < -0.39 is 16.6 Å².